The van der Waals surface area contributed by atoms with Gasteiger partial charge in [0.05, 0.1) is 23.8 Å². The maximum Gasteiger partial charge on any atom is 0.305 e. The van der Waals surface area contributed by atoms with Gasteiger partial charge in [-0.1, -0.05) is 29.8 Å². The summed E-state index contributed by atoms with van der Waals surface area (Å²) in [5.41, 5.74) is 9.84. The number of carboxylic acids is 1. The second kappa shape index (κ2) is 10.2. The van der Waals surface area contributed by atoms with E-state index in [-0.39, 0.29) is 24.2 Å². The summed E-state index contributed by atoms with van der Waals surface area (Å²) in [5.74, 6) is -0.871. The number of hydrogen-bond donors (Lipinski definition) is 3. The number of aliphatic carboxylic acids is 1. The highest BCUT2D eigenvalue weighted by Gasteiger charge is 2.34. The van der Waals surface area contributed by atoms with Crippen molar-refractivity contribution in [2.75, 3.05) is 36.8 Å². The predicted molar refractivity (Wildman–Crippen MR) is 131 cm³/mol. The fourth-order valence-electron chi connectivity index (χ4n) is 4.42. The van der Waals surface area contributed by atoms with Gasteiger partial charge in [-0.15, -0.1) is 0 Å². The summed E-state index contributed by atoms with van der Waals surface area (Å²) >= 11 is 0. The molecule has 2 aliphatic rings. The quantitative estimate of drug-likeness (QED) is 0.543. The molecule has 1 aliphatic carbocycles. The summed E-state index contributed by atoms with van der Waals surface area (Å²) in [4.78, 5) is 40.9. The van der Waals surface area contributed by atoms with Gasteiger partial charge < -0.3 is 26.0 Å². The Bertz CT molecular complexity index is 1060. The van der Waals surface area contributed by atoms with Crippen LogP contribution in [0.15, 0.2) is 42.5 Å². The zero-order valence-corrected chi connectivity index (χ0v) is 19.5. The number of nitrogens with one attached hydrogen (secondary N) is 1. The third-order valence-corrected chi connectivity index (χ3v) is 6.53. The lowest BCUT2D eigenvalue weighted by atomic mass is 10.0. The molecule has 2 amide bonds. The number of carboxylic acid groups (broad SMARTS) is 1. The van der Waals surface area contributed by atoms with E-state index in [4.69, 9.17) is 5.73 Å². The molecule has 4 N–H and O–H groups in total. The minimum atomic E-state index is -0.990. The Kier molecular flexibility index (Phi) is 7.05. The summed E-state index contributed by atoms with van der Waals surface area (Å²) in [7, 11) is 0. The van der Waals surface area contributed by atoms with Crippen molar-refractivity contribution in [3.63, 3.8) is 0 Å². The molecular weight excluding hydrogens is 432 g/mol. The maximum absolute atomic E-state index is 12.9. The third-order valence-electron chi connectivity index (χ3n) is 6.53. The van der Waals surface area contributed by atoms with Crippen molar-refractivity contribution in [1.82, 2.24) is 10.2 Å². The van der Waals surface area contributed by atoms with Crippen LogP contribution in [0.25, 0.3) is 0 Å². The number of amides is 2. The molecule has 1 saturated carbocycles. The van der Waals surface area contributed by atoms with Crippen molar-refractivity contribution in [2.24, 2.45) is 5.92 Å². The third kappa shape index (κ3) is 5.68. The number of hydrogen-bond acceptors (Lipinski definition) is 5. The lowest BCUT2D eigenvalue weighted by molar-refractivity contribution is -0.137. The summed E-state index contributed by atoms with van der Waals surface area (Å²) in [6, 6.07) is 12.0. The molecular formula is C26H32N4O4. The Balaban J connectivity index is 1.44. The molecule has 8 nitrogen and oxygen atoms in total. The van der Waals surface area contributed by atoms with E-state index in [0.29, 0.717) is 24.3 Å². The Morgan fingerprint density at radius 1 is 1.06 bits per heavy atom. The Hall–Kier alpha value is -3.55. The Labute approximate surface area is 199 Å². The fraction of sp³-hybridized carbons (Fsp3) is 0.423. The van der Waals surface area contributed by atoms with E-state index in [0.717, 1.165) is 49.2 Å². The highest BCUT2D eigenvalue weighted by atomic mass is 16.4. The smallest absolute Gasteiger partial charge is 0.305 e. The van der Waals surface area contributed by atoms with E-state index >= 15 is 0 Å². The molecule has 0 bridgehead atoms. The lowest BCUT2D eigenvalue weighted by Crippen LogP contribution is -2.36. The molecule has 1 atom stereocenters. The summed E-state index contributed by atoms with van der Waals surface area (Å²) in [6.07, 6.45) is 2.67. The minimum absolute atomic E-state index is 0.216. The van der Waals surface area contributed by atoms with Gasteiger partial charge in [0, 0.05) is 37.7 Å². The predicted octanol–water partition coefficient (Wildman–Crippen LogP) is 2.97. The normalized spacial score (nSPS) is 17.1. The van der Waals surface area contributed by atoms with Crippen LogP contribution in [0.5, 0.6) is 0 Å². The lowest BCUT2D eigenvalue weighted by Gasteiger charge is -2.25. The average molecular weight is 465 g/mol. The first-order valence-electron chi connectivity index (χ1n) is 11.8. The number of nitrogens with zero attached hydrogens (tertiary/aromatic N) is 2. The molecule has 0 aromatic heterocycles. The standard InChI is InChI=1S/C26H32N4O4/c1-17-3-5-18(6-4-17)22(16-24(31)32)28-25(33)20-9-10-23(21(27)15-20)29-11-2-12-30(14-13-29)26(34)19-7-8-19/h3-6,9-10,15,19,22H,2,7-8,11-14,16,27H2,1H3,(H,28,33)(H,31,32). The molecule has 2 aromatic carbocycles. The zero-order valence-electron chi connectivity index (χ0n) is 19.5. The van der Waals surface area contributed by atoms with Crippen LogP contribution in [0, 0.1) is 12.8 Å². The van der Waals surface area contributed by atoms with Crippen LogP contribution < -0.4 is 16.0 Å². The second-order valence-electron chi connectivity index (χ2n) is 9.25. The van der Waals surface area contributed by atoms with Crippen molar-refractivity contribution >= 4 is 29.2 Å². The van der Waals surface area contributed by atoms with Gasteiger partial charge in [0.15, 0.2) is 0 Å². The van der Waals surface area contributed by atoms with E-state index < -0.39 is 12.0 Å². The molecule has 2 aromatic rings. The number of benzene rings is 2. The molecule has 1 unspecified atom stereocenters. The van der Waals surface area contributed by atoms with Crippen LogP contribution >= 0.6 is 0 Å². The first kappa shape index (κ1) is 23.6. The average Bonchev–Trinajstić information content (AvgIpc) is 3.66. The monoisotopic (exact) mass is 464 g/mol. The molecule has 2 fully saturated rings. The van der Waals surface area contributed by atoms with Crippen molar-refractivity contribution < 1.29 is 19.5 Å². The van der Waals surface area contributed by atoms with E-state index in [1.54, 1.807) is 12.1 Å². The number of anilines is 2. The first-order valence-corrected chi connectivity index (χ1v) is 11.8. The highest BCUT2D eigenvalue weighted by molar-refractivity contribution is 5.96. The summed E-state index contributed by atoms with van der Waals surface area (Å²) in [5, 5.41) is 12.2. The molecule has 0 radical (unpaired) electrons. The topological polar surface area (TPSA) is 116 Å². The van der Waals surface area contributed by atoms with Crippen molar-refractivity contribution in [2.45, 2.75) is 38.6 Å². The Morgan fingerprint density at radius 2 is 1.79 bits per heavy atom. The second-order valence-corrected chi connectivity index (χ2v) is 9.25. The van der Waals surface area contributed by atoms with E-state index in [9.17, 15) is 19.5 Å². The van der Waals surface area contributed by atoms with Gasteiger partial charge in [0.25, 0.3) is 5.91 Å². The molecule has 4 rings (SSSR count). The van der Waals surface area contributed by atoms with Gasteiger partial charge in [-0.05, 0) is 49.9 Å². The van der Waals surface area contributed by atoms with E-state index in [2.05, 4.69) is 10.2 Å². The van der Waals surface area contributed by atoms with Gasteiger partial charge in [-0.25, -0.2) is 0 Å². The molecule has 34 heavy (non-hydrogen) atoms. The summed E-state index contributed by atoms with van der Waals surface area (Å²) < 4.78 is 0. The van der Waals surface area contributed by atoms with E-state index in [1.165, 1.54) is 0 Å². The van der Waals surface area contributed by atoms with Gasteiger partial charge in [-0.2, -0.15) is 0 Å². The zero-order chi connectivity index (χ0) is 24.2. The van der Waals surface area contributed by atoms with E-state index in [1.807, 2.05) is 42.2 Å². The fourth-order valence-corrected chi connectivity index (χ4v) is 4.42. The molecule has 1 saturated heterocycles. The summed E-state index contributed by atoms with van der Waals surface area (Å²) in [6.45, 7) is 4.87. The van der Waals surface area contributed by atoms with Gasteiger partial charge >= 0.3 is 5.97 Å². The molecule has 1 heterocycles. The Morgan fingerprint density at radius 3 is 2.44 bits per heavy atom. The number of aryl methyl sites for hydroxylation is 1. The van der Waals surface area contributed by atoms with Crippen LogP contribution in [-0.2, 0) is 9.59 Å². The van der Waals surface area contributed by atoms with Crippen LogP contribution in [-0.4, -0.2) is 54.0 Å². The molecule has 180 valence electrons. The number of carbonyl (C=O) groups excluding carboxylic acids is 2. The largest absolute Gasteiger partial charge is 0.481 e. The van der Waals surface area contributed by atoms with Gasteiger partial charge in [0.2, 0.25) is 5.91 Å². The number of nitrogen functional groups attached to an aromatic ring is 1. The maximum atomic E-state index is 12.9. The van der Waals surface area contributed by atoms with Crippen LogP contribution in [0.2, 0.25) is 0 Å². The number of carbonyl (C=O) groups is 3. The number of nitrogens with two attached hydrogens (primary N) is 1. The molecule has 0 spiro atoms. The van der Waals surface area contributed by atoms with Gasteiger partial charge in [0.1, 0.15) is 0 Å². The van der Waals surface area contributed by atoms with Gasteiger partial charge in [-0.3, -0.25) is 14.4 Å². The van der Waals surface area contributed by atoms with Crippen molar-refractivity contribution in [1.29, 1.82) is 0 Å². The number of rotatable bonds is 7. The highest BCUT2D eigenvalue weighted by Crippen LogP contribution is 2.32. The SMILES string of the molecule is Cc1ccc(C(CC(=O)O)NC(=O)c2ccc(N3CCCN(C(=O)C4CC4)CC3)c(N)c2)cc1. The van der Waals surface area contributed by atoms with Crippen LogP contribution in [0.4, 0.5) is 11.4 Å². The first-order chi connectivity index (χ1) is 16.3. The van der Waals surface area contributed by atoms with Crippen molar-refractivity contribution in [3.8, 4) is 0 Å². The molecule has 8 heteroatoms. The van der Waals surface area contributed by atoms with Crippen molar-refractivity contribution in [3.05, 3.63) is 59.2 Å². The minimum Gasteiger partial charge on any atom is -0.481 e. The van der Waals surface area contributed by atoms with Crippen LogP contribution in [0.3, 0.4) is 0 Å². The molecule has 1 aliphatic heterocycles. The van der Waals surface area contributed by atoms with Crippen LogP contribution in [0.1, 0.15) is 53.2 Å².